The number of carbonyl (C=O) groups excluding carboxylic acids is 2. The first-order valence-electron chi connectivity index (χ1n) is 7.57. The Balaban J connectivity index is 1.73. The molecule has 3 atom stereocenters. The molecule has 2 aliphatic heterocycles. The minimum absolute atomic E-state index is 0.200. The van der Waals surface area contributed by atoms with Gasteiger partial charge in [-0.15, -0.1) is 11.8 Å². The second-order valence-corrected chi connectivity index (χ2v) is 6.80. The number of aliphatic hydroxyl groups is 1. The van der Waals surface area contributed by atoms with Gasteiger partial charge in [0.2, 0.25) is 5.91 Å². The van der Waals surface area contributed by atoms with Gasteiger partial charge in [-0.2, -0.15) is 0 Å². The van der Waals surface area contributed by atoms with Crippen LogP contribution in [-0.2, 0) is 14.4 Å². The van der Waals surface area contributed by atoms with Gasteiger partial charge in [0, 0.05) is 5.75 Å². The van der Waals surface area contributed by atoms with Crippen molar-refractivity contribution in [3.8, 4) is 0 Å². The third-order valence-corrected chi connectivity index (χ3v) is 5.52. The lowest BCUT2D eigenvalue weighted by Crippen LogP contribution is -2.71. The fraction of sp³-hybridized carbons (Fsp3) is 0.312. The van der Waals surface area contributed by atoms with E-state index in [2.05, 4.69) is 5.32 Å². The standard InChI is InChI=1S/C16H17N3O5S/c17-10(8-4-2-1-3-5-8)13(21)18-11-14(22)19-12(16(23)24)9(6-20)7-25-15(11)19/h1-5,10-11,15,20H,6-7,17H2,(H,18,21)(H,23,24)/t10?,11-,15-/m1/s1. The molecule has 0 spiro atoms. The van der Waals surface area contributed by atoms with Crippen molar-refractivity contribution in [3.05, 3.63) is 47.2 Å². The van der Waals surface area contributed by atoms with E-state index in [1.54, 1.807) is 30.3 Å². The fourth-order valence-corrected chi connectivity index (χ4v) is 4.19. The maximum atomic E-state index is 12.3. The molecule has 8 nitrogen and oxygen atoms in total. The van der Waals surface area contributed by atoms with E-state index in [0.717, 1.165) is 4.90 Å². The molecule has 2 amide bonds. The zero-order valence-electron chi connectivity index (χ0n) is 13.1. The molecule has 5 N–H and O–H groups in total. The van der Waals surface area contributed by atoms with Crippen molar-refractivity contribution in [1.29, 1.82) is 0 Å². The average molecular weight is 363 g/mol. The zero-order chi connectivity index (χ0) is 18.1. The molecule has 0 aliphatic carbocycles. The summed E-state index contributed by atoms with van der Waals surface area (Å²) in [6.45, 7) is -0.430. The predicted molar refractivity (Wildman–Crippen MR) is 90.1 cm³/mol. The highest BCUT2D eigenvalue weighted by molar-refractivity contribution is 8.00. The van der Waals surface area contributed by atoms with Crippen LogP contribution in [0.2, 0.25) is 0 Å². The number of carbonyl (C=O) groups is 3. The second kappa shape index (κ2) is 6.87. The third kappa shape index (κ3) is 3.01. The normalized spacial score (nSPS) is 23.6. The van der Waals surface area contributed by atoms with E-state index in [1.165, 1.54) is 11.8 Å². The van der Waals surface area contributed by atoms with Crippen LogP contribution in [0.3, 0.4) is 0 Å². The first-order valence-corrected chi connectivity index (χ1v) is 8.62. The quantitative estimate of drug-likeness (QED) is 0.514. The first kappa shape index (κ1) is 17.5. The van der Waals surface area contributed by atoms with Crippen LogP contribution < -0.4 is 11.1 Å². The maximum Gasteiger partial charge on any atom is 0.352 e. The average Bonchev–Trinajstić information content (AvgIpc) is 2.64. The molecular formula is C16H17N3O5S. The second-order valence-electron chi connectivity index (χ2n) is 5.70. The fourth-order valence-electron chi connectivity index (χ4n) is 2.86. The lowest BCUT2D eigenvalue weighted by Gasteiger charge is -2.49. The molecule has 2 aliphatic rings. The third-order valence-electron chi connectivity index (χ3n) is 4.18. The molecular weight excluding hydrogens is 346 g/mol. The zero-order valence-corrected chi connectivity index (χ0v) is 13.9. The van der Waals surface area contributed by atoms with Gasteiger partial charge in [-0.1, -0.05) is 30.3 Å². The Morgan fingerprint density at radius 1 is 1.36 bits per heavy atom. The van der Waals surface area contributed by atoms with Crippen molar-refractivity contribution in [2.24, 2.45) is 5.73 Å². The molecule has 1 unspecified atom stereocenters. The molecule has 25 heavy (non-hydrogen) atoms. The first-order chi connectivity index (χ1) is 12.0. The summed E-state index contributed by atoms with van der Waals surface area (Å²) < 4.78 is 0. The largest absolute Gasteiger partial charge is 0.477 e. The van der Waals surface area contributed by atoms with Gasteiger partial charge in [-0.05, 0) is 11.1 Å². The Bertz CT molecular complexity index is 751. The Morgan fingerprint density at radius 2 is 2.04 bits per heavy atom. The van der Waals surface area contributed by atoms with Gasteiger partial charge in [0.1, 0.15) is 23.2 Å². The van der Waals surface area contributed by atoms with Gasteiger partial charge in [0.05, 0.1) is 6.61 Å². The smallest absolute Gasteiger partial charge is 0.352 e. The SMILES string of the molecule is NC(C(=O)N[C@@H]1C(=O)N2C(C(=O)O)=C(CO)CS[C@H]12)c1ccccc1. The van der Waals surface area contributed by atoms with Crippen molar-refractivity contribution >= 4 is 29.5 Å². The van der Waals surface area contributed by atoms with E-state index in [9.17, 15) is 24.6 Å². The number of β-lactam (4-membered cyclic amide) rings is 1. The van der Waals surface area contributed by atoms with E-state index in [1.807, 2.05) is 0 Å². The summed E-state index contributed by atoms with van der Waals surface area (Å²) in [6, 6.07) is 7.01. The van der Waals surface area contributed by atoms with Crippen molar-refractivity contribution < 1.29 is 24.6 Å². The topological polar surface area (TPSA) is 133 Å². The van der Waals surface area contributed by atoms with Crippen molar-refractivity contribution in [1.82, 2.24) is 10.2 Å². The van der Waals surface area contributed by atoms with Crippen LogP contribution in [0, 0.1) is 0 Å². The number of fused-ring (bicyclic) bond motifs is 1. The molecule has 1 aromatic carbocycles. The summed E-state index contributed by atoms with van der Waals surface area (Å²) in [7, 11) is 0. The molecule has 0 bridgehead atoms. The Labute approximate surface area is 147 Å². The summed E-state index contributed by atoms with van der Waals surface area (Å²) >= 11 is 1.30. The molecule has 1 aromatic rings. The molecule has 132 valence electrons. The number of carboxylic acids is 1. The highest BCUT2D eigenvalue weighted by Gasteiger charge is 2.54. The number of thioether (sulfide) groups is 1. The molecule has 0 aromatic heterocycles. The number of amides is 2. The van der Waals surface area contributed by atoms with Gasteiger partial charge in [-0.25, -0.2) is 4.79 Å². The van der Waals surface area contributed by atoms with E-state index in [-0.39, 0.29) is 17.0 Å². The molecule has 1 fully saturated rings. The number of benzene rings is 1. The number of hydrogen-bond donors (Lipinski definition) is 4. The Morgan fingerprint density at radius 3 is 2.64 bits per heavy atom. The summed E-state index contributed by atoms with van der Waals surface area (Å²) in [6.07, 6.45) is 0. The summed E-state index contributed by atoms with van der Waals surface area (Å²) in [4.78, 5) is 37.2. The van der Waals surface area contributed by atoms with Gasteiger partial charge in [-0.3, -0.25) is 14.5 Å². The Hall–Kier alpha value is -2.36. The van der Waals surface area contributed by atoms with E-state index >= 15 is 0 Å². The number of nitrogens with one attached hydrogen (secondary N) is 1. The number of aliphatic hydroxyl groups excluding tert-OH is 1. The minimum Gasteiger partial charge on any atom is -0.477 e. The Kier molecular flexibility index (Phi) is 4.80. The number of hydrogen-bond acceptors (Lipinski definition) is 6. The van der Waals surface area contributed by atoms with Crippen LogP contribution in [-0.4, -0.2) is 56.7 Å². The summed E-state index contributed by atoms with van der Waals surface area (Å²) in [5, 5.41) is 20.7. The van der Waals surface area contributed by atoms with E-state index < -0.39 is 41.8 Å². The van der Waals surface area contributed by atoms with Gasteiger partial charge in [0.25, 0.3) is 5.91 Å². The monoisotopic (exact) mass is 363 g/mol. The summed E-state index contributed by atoms with van der Waals surface area (Å²) in [5.41, 5.74) is 6.62. The van der Waals surface area contributed by atoms with Crippen LogP contribution in [0.15, 0.2) is 41.6 Å². The molecule has 2 heterocycles. The molecule has 1 saturated heterocycles. The van der Waals surface area contributed by atoms with Crippen LogP contribution >= 0.6 is 11.8 Å². The highest BCUT2D eigenvalue weighted by Crippen LogP contribution is 2.40. The van der Waals surface area contributed by atoms with Crippen LogP contribution in [0.5, 0.6) is 0 Å². The molecule has 3 rings (SSSR count). The van der Waals surface area contributed by atoms with Gasteiger partial charge >= 0.3 is 5.97 Å². The highest BCUT2D eigenvalue weighted by atomic mass is 32.2. The number of rotatable bonds is 5. The van der Waals surface area contributed by atoms with Crippen LogP contribution in [0.25, 0.3) is 0 Å². The number of aliphatic carboxylic acids is 1. The minimum atomic E-state index is -1.27. The lowest BCUT2D eigenvalue weighted by atomic mass is 10.0. The van der Waals surface area contributed by atoms with Crippen molar-refractivity contribution in [2.75, 3.05) is 12.4 Å². The molecule has 0 radical (unpaired) electrons. The summed E-state index contributed by atoms with van der Waals surface area (Å²) in [5.74, 6) is -2.01. The number of nitrogens with two attached hydrogens (primary N) is 1. The van der Waals surface area contributed by atoms with Crippen molar-refractivity contribution in [3.63, 3.8) is 0 Å². The van der Waals surface area contributed by atoms with Gasteiger partial charge in [0.15, 0.2) is 0 Å². The van der Waals surface area contributed by atoms with Crippen LogP contribution in [0.1, 0.15) is 11.6 Å². The maximum absolute atomic E-state index is 12.3. The number of nitrogens with zero attached hydrogens (tertiary/aromatic N) is 1. The predicted octanol–water partition coefficient (Wildman–Crippen LogP) is -0.583. The molecule has 0 saturated carbocycles. The van der Waals surface area contributed by atoms with E-state index in [4.69, 9.17) is 5.73 Å². The van der Waals surface area contributed by atoms with Crippen LogP contribution in [0.4, 0.5) is 0 Å². The number of carboxylic acid groups (broad SMARTS) is 1. The lowest BCUT2D eigenvalue weighted by molar-refractivity contribution is -0.151. The molecule has 9 heteroatoms. The van der Waals surface area contributed by atoms with E-state index in [0.29, 0.717) is 5.56 Å². The van der Waals surface area contributed by atoms with Gasteiger partial charge < -0.3 is 21.3 Å². The van der Waals surface area contributed by atoms with Crippen molar-refractivity contribution in [2.45, 2.75) is 17.5 Å².